The Bertz CT molecular complexity index is 760. The summed E-state index contributed by atoms with van der Waals surface area (Å²) >= 11 is 0. The number of benzene rings is 1. The lowest BCUT2D eigenvalue weighted by molar-refractivity contribution is -0.149. The van der Waals surface area contributed by atoms with Crippen LogP contribution in [-0.4, -0.2) is 37.7 Å². The van der Waals surface area contributed by atoms with Crippen molar-refractivity contribution in [3.63, 3.8) is 0 Å². The van der Waals surface area contributed by atoms with Gasteiger partial charge >= 0.3 is 12.1 Å². The quantitative estimate of drug-likeness (QED) is 0.145. The minimum Gasteiger partial charge on any atom is -0.491 e. The third-order valence-electron chi connectivity index (χ3n) is 3.27. The molecule has 1 aromatic rings. The van der Waals surface area contributed by atoms with E-state index in [2.05, 4.69) is 9.47 Å². The maximum atomic E-state index is 14.2. The lowest BCUT2D eigenvalue weighted by Gasteiger charge is -2.16. The molecule has 0 aromatic heterocycles. The summed E-state index contributed by atoms with van der Waals surface area (Å²) in [6.07, 6.45) is -4.33. The minimum absolute atomic E-state index is 0.162. The van der Waals surface area contributed by atoms with Crippen LogP contribution in [0.3, 0.4) is 0 Å². The van der Waals surface area contributed by atoms with E-state index in [1.165, 1.54) is 6.92 Å². The first-order chi connectivity index (χ1) is 12.4. The van der Waals surface area contributed by atoms with Gasteiger partial charge in [-0.15, -0.1) is 0 Å². The molecule has 0 aliphatic rings. The Labute approximate surface area is 149 Å². The lowest BCUT2D eigenvalue weighted by atomic mass is 10.0. The van der Waals surface area contributed by atoms with E-state index in [1.54, 1.807) is 5.32 Å². The molecule has 0 radical (unpaired) electrons. The van der Waals surface area contributed by atoms with E-state index in [-0.39, 0.29) is 12.7 Å². The molecule has 27 heavy (non-hydrogen) atoms. The van der Waals surface area contributed by atoms with Crippen molar-refractivity contribution in [1.82, 2.24) is 5.32 Å². The highest BCUT2D eigenvalue weighted by molar-refractivity contribution is 6.24. The molecule has 1 atom stereocenters. The second kappa shape index (κ2) is 8.78. The summed E-state index contributed by atoms with van der Waals surface area (Å²) in [5.41, 5.74) is -2.16. The highest BCUT2D eigenvalue weighted by atomic mass is 19.4. The van der Waals surface area contributed by atoms with E-state index in [0.717, 1.165) is 7.11 Å². The van der Waals surface area contributed by atoms with Crippen molar-refractivity contribution >= 4 is 11.8 Å². The fourth-order valence-corrected chi connectivity index (χ4v) is 1.80. The zero-order valence-corrected chi connectivity index (χ0v) is 14.3. The molecule has 11 heteroatoms. The summed E-state index contributed by atoms with van der Waals surface area (Å²) < 4.78 is 87.9. The summed E-state index contributed by atoms with van der Waals surface area (Å²) in [7, 11) is 0.809. The van der Waals surface area contributed by atoms with Gasteiger partial charge in [-0.1, -0.05) is 0 Å². The Kier molecular flexibility index (Phi) is 7.26. The molecule has 0 fully saturated rings. The molecule has 0 bridgehead atoms. The third-order valence-corrected chi connectivity index (χ3v) is 3.27. The molecular formula is C16H15F6NO4. The van der Waals surface area contributed by atoms with Crippen LogP contribution in [-0.2, 0) is 9.53 Å². The maximum absolute atomic E-state index is 14.2. The number of esters is 1. The van der Waals surface area contributed by atoms with Crippen LogP contribution in [0.4, 0.5) is 26.3 Å². The smallest absolute Gasteiger partial charge is 0.408 e. The van der Waals surface area contributed by atoms with Gasteiger partial charge in [-0.3, -0.25) is 4.79 Å². The van der Waals surface area contributed by atoms with Gasteiger partial charge in [-0.2, -0.15) is 17.6 Å². The normalized spacial score (nSPS) is 13.1. The Morgan fingerprint density at radius 3 is 2.30 bits per heavy atom. The van der Waals surface area contributed by atoms with E-state index in [4.69, 9.17) is 0 Å². The molecule has 0 spiro atoms. The number of rotatable bonds is 7. The van der Waals surface area contributed by atoms with Gasteiger partial charge in [-0.25, -0.2) is 13.6 Å². The number of nitrogens with one attached hydrogen (secondary N) is 1. The van der Waals surface area contributed by atoms with Crippen molar-refractivity contribution in [2.45, 2.75) is 26.1 Å². The van der Waals surface area contributed by atoms with Crippen LogP contribution in [0.15, 0.2) is 17.8 Å². The number of hydrogen-bond acceptors (Lipinski definition) is 5. The number of carbonyl (C=O) groups excluding carboxylic acids is 2. The molecule has 1 aromatic carbocycles. The van der Waals surface area contributed by atoms with Gasteiger partial charge in [0, 0.05) is 6.20 Å². The van der Waals surface area contributed by atoms with Gasteiger partial charge in [0.05, 0.1) is 19.3 Å². The second-order valence-electron chi connectivity index (χ2n) is 5.10. The summed E-state index contributed by atoms with van der Waals surface area (Å²) in [6.45, 7) is 1.81. The number of ether oxygens (including phenoxy) is 2. The number of halogens is 6. The lowest BCUT2D eigenvalue weighted by Crippen LogP contribution is -2.37. The molecule has 0 aliphatic heterocycles. The van der Waals surface area contributed by atoms with Gasteiger partial charge in [0.2, 0.25) is 11.6 Å². The number of carbonyl (C=O) groups is 2. The van der Waals surface area contributed by atoms with Gasteiger partial charge in [0.15, 0.2) is 17.4 Å². The van der Waals surface area contributed by atoms with Crippen LogP contribution in [0.1, 0.15) is 24.2 Å². The van der Waals surface area contributed by atoms with Crippen molar-refractivity contribution in [2.75, 3.05) is 13.7 Å². The molecule has 150 valence electrons. The van der Waals surface area contributed by atoms with Crippen LogP contribution < -0.4 is 10.1 Å². The van der Waals surface area contributed by atoms with Crippen molar-refractivity contribution in [2.24, 2.45) is 0 Å². The first-order valence-electron chi connectivity index (χ1n) is 7.41. The van der Waals surface area contributed by atoms with E-state index in [0.29, 0.717) is 13.1 Å². The van der Waals surface area contributed by atoms with E-state index in [1.807, 2.05) is 0 Å². The third kappa shape index (κ3) is 5.14. The predicted octanol–water partition coefficient (Wildman–Crippen LogP) is 3.28. The number of hydrogen-bond donors (Lipinski definition) is 1. The monoisotopic (exact) mass is 399 g/mol. The minimum atomic E-state index is -4.71. The Morgan fingerprint density at radius 2 is 1.81 bits per heavy atom. The zero-order valence-electron chi connectivity index (χ0n) is 14.3. The van der Waals surface area contributed by atoms with Gasteiger partial charge in [-0.05, 0) is 19.9 Å². The van der Waals surface area contributed by atoms with Gasteiger partial charge in [0.1, 0.15) is 11.6 Å². The summed E-state index contributed by atoms with van der Waals surface area (Å²) in [4.78, 5) is 24.3. The van der Waals surface area contributed by atoms with Crippen molar-refractivity contribution < 1.29 is 45.4 Å². The summed E-state index contributed by atoms with van der Waals surface area (Å²) in [5, 5.41) is 1.76. The molecule has 0 aliphatic carbocycles. The fraction of sp³-hybridized carbons (Fsp3) is 0.375. The molecule has 1 N–H and O–H groups in total. The van der Waals surface area contributed by atoms with Crippen molar-refractivity contribution in [3.8, 4) is 5.75 Å². The number of ketones is 1. The largest absolute Gasteiger partial charge is 0.491 e. The van der Waals surface area contributed by atoms with Crippen LogP contribution >= 0.6 is 0 Å². The van der Waals surface area contributed by atoms with E-state index >= 15 is 0 Å². The highest BCUT2D eigenvalue weighted by Crippen LogP contribution is 2.28. The van der Waals surface area contributed by atoms with Crippen molar-refractivity contribution in [1.29, 1.82) is 0 Å². The topological polar surface area (TPSA) is 64.6 Å². The number of Topliss-reactive ketones (excluding diaryl/α,β-unsaturated/α-hetero) is 1. The van der Waals surface area contributed by atoms with Crippen LogP contribution in [0.2, 0.25) is 0 Å². The Hall–Kier alpha value is -2.72. The predicted molar refractivity (Wildman–Crippen MR) is 80.6 cm³/mol. The van der Waals surface area contributed by atoms with Crippen LogP contribution in [0.25, 0.3) is 0 Å². The first-order valence-corrected chi connectivity index (χ1v) is 7.41. The van der Waals surface area contributed by atoms with E-state index < -0.39 is 58.3 Å². The Morgan fingerprint density at radius 1 is 1.22 bits per heavy atom. The molecule has 0 amide bonds. The van der Waals surface area contributed by atoms with E-state index in [9.17, 15) is 35.9 Å². The van der Waals surface area contributed by atoms with Gasteiger partial charge in [0.25, 0.3) is 0 Å². The molecular weight excluding hydrogens is 384 g/mol. The molecule has 5 nitrogen and oxygen atoms in total. The second-order valence-corrected chi connectivity index (χ2v) is 5.10. The van der Waals surface area contributed by atoms with Gasteiger partial charge < -0.3 is 14.8 Å². The number of methoxy groups -OCH3 is 1. The molecule has 0 heterocycles. The first kappa shape index (κ1) is 22.3. The molecule has 0 unspecified atom stereocenters. The standard InChI is InChI=1S/C16H15F6NO4/c1-4-27-15(25)9(6-23-7(2)16(20,21)22)13(24)8-5-10(17)12(19)14(26-3)11(8)18/h5-7,23H,4H2,1-3H3/t7-/m1/s1. The average molecular weight is 399 g/mol. The molecule has 0 saturated carbocycles. The van der Waals surface area contributed by atoms with Crippen LogP contribution in [0, 0.1) is 17.5 Å². The fourth-order valence-electron chi connectivity index (χ4n) is 1.80. The van der Waals surface area contributed by atoms with Crippen LogP contribution in [0.5, 0.6) is 5.75 Å². The summed E-state index contributed by atoms with van der Waals surface area (Å²) in [6, 6.07) is -2.01. The maximum Gasteiger partial charge on any atom is 0.408 e. The zero-order chi connectivity index (χ0) is 20.9. The SMILES string of the molecule is CCOC(=O)C(=CN[C@H](C)C(F)(F)F)C(=O)c1cc(F)c(F)c(OC)c1F. The summed E-state index contributed by atoms with van der Waals surface area (Å²) in [5.74, 6) is -9.12. The molecule has 1 rings (SSSR count). The van der Waals surface area contributed by atoms with Crippen molar-refractivity contribution in [3.05, 3.63) is 40.9 Å². The highest BCUT2D eigenvalue weighted by Gasteiger charge is 2.36. The Balaban J connectivity index is 3.41. The average Bonchev–Trinajstić information content (AvgIpc) is 2.57. The number of alkyl halides is 3. The molecule has 0 saturated heterocycles.